The minimum Gasteiger partial charge on any atom is -0.444 e. The zero-order valence-electron chi connectivity index (χ0n) is 20.6. The van der Waals surface area contributed by atoms with E-state index in [2.05, 4.69) is 20.2 Å². The van der Waals surface area contributed by atoms with Gasteiger partial charge in [-0.1, -0.05) is 35.5 Å². The number of anilines is 1. The molecule has 0 bridgehead atoms. The number of aromatic nitrogens is 5. The van der Waals surface area contributed by atoms with Crippen LogP contribution >= 0.6 is 0 Å². The van der Waals surface area contributed by atoms with Crippen LogP contribution in [0.25, 0.3) is 34.0 Å². The van der Waals surface area contributed by atoms with E-state index in [1.165, 1.54) is 0 Å². The summed E-state index contributed by atoms with van der Waals surface area (Å²) in [5.74, 6) is 1.10. The van der Waals surface area contributed by atoms with E-state index in [0.29, 0.717) is 36.2 Å². The molecule has 4 heterocycles. The van der Waals surface area contributed by atoms with Gasteiger partial charge in [0.2, 0.25) is 5.82 Å². The Kier molecular flexibility index (Phi) is 6.17. The fourth-order valence-electron chi connectivity index (χ4n) is 4.17. The maximum atomic E-state index is 12.4. The Morgan fingerprint density at radius 3 is 2.56 bits per heavy atom. The summed E-state index contributed by atoms with van der Waals surface area (Å²) >= 11 is 0. The fourth-order valence-corrected chi connectivity index (χ4v) is 4.17. The number of carbonyl (C=O) groups excluding carboxylic acids is 1. The van der Waals surface area contributed by atoms with Gasteiger partial charge >= 0.3 is 6.09 Å². The van der Waals surface area contributed by atoms with Crippen LogP contribution in [-0.4, -0.2) is 54.6 Å². The molecule has 0 spiro atoms. The number of benzene rings is 1. The van der Waals surface area contributed by atoms with Gasteiger partial charge in [0.25, 0.3) is 5.89 Å². The van der Waals surface area contributed by atoms with Crippen LogP contribution in [0.5, 0.6) is 0 Å². The van der Waals surface area contributed by atoms with Crippen molar-refractivity contribution in [3.05, 3.63) is 55.0 Å². The second-order valence-corrected chi connectivity index (χ2v) is 9.85. The highest BCUT2D eigenvalue weighted by molar-refractivity contribution is 5.75. The van der Waals surface area contributed by atoms with Crippen LogP contribution in [-0.2, 0) is 4.74 Å². The Balaban J connectivity index is 1.30. The summed E-state index contributed by atoms with van der Waals surface area (Å²) < 4.78 is 12.9. The largest absolute Gasteiger partial charge is 0.444 e. The lowest BCUT2D eigenvalue weighted by Gasteiger charge is -2.33. The molecule has 0 atom stereocenters. The van der Waals surface area contributed by atoms with Crippen LogP contribution in [0.3, 0.4) is 0 Å². The average Bonchev–Trinajstić information content (AvgIpc) is 3.55. The number of rotatable bonds is 4. The zero-order chi connectivity index (χ0) is 25.3. The van der Waals surface area contributed by atoms with E-state index in [1.54, 1.807) is 17.3 Å². The lowest BCUT2D eigenvalue weighted by molar-refractivity contribution is 0.0185. The first kappa shape index (κ1) is 23.5. The van der Waals surface area contributed by atoms with E-state index < -0.39 is 5.60 Å². The average molecular weight is 488 g/mol. The number of nitrogens with zero attached hydrogens (tertiary/aromatic N) is 6. The molecule has 5 rings (SSSR count). The number of nitrogen functional groups attached to an aromatic ring is 1. The zero-order valence-corrected chi connectivity index (χ0v) is 20.6. The molecule has 1 amide bonds. The van der Waals surface area contributed by atoms with E-state index in [9.17, 15) is 4.79 Å². The molecule has 0 saturated carbocycles. The lowest BCUT2D eigenvalue weighted by atomic mass is 10.1. The van der Waals surface area contributed by atoms with Gasteiger partial charge < -0.3 is 19.9 Å². The second-order valence-electron chi connectivity index (χ2n) is 9.85. The predicted molar refractivity (Wildman–Crippen MR) is 135 cm³/mol. The molecule has 3 aromatic heterocycles. The maximum Gasteiger partial charge on any atom is 0.410 e. The minimum atomic E-state index is -0.499. The number of ether oxygens (including phenoxy) is 1. The van der Waals surface area contributed by atoms with Crippen molar-refractivity contribution in [2.24, 2.45) is 0 Å². The fraction of sp³-hybridized carbons (Fsp3) is 0.346. The van der Waals surface area contributed by atoms with Gasteiger partial charge in [0.15, 0.2) is 0 Å². The highest BCUT2D eigenvalue weighted by Crippen LogP contribution is 2.31. The molecule has 2 N–H and O–H groups in total. The third-order valence-electron chi connectivity index (χ3n) is 6.03. The molecule has 10 nitrogen and oxygen atoms in total. The summed E-state index contributed by atoms with van der Waals surface area (Å²) in [6.45, 7) is 6.88. The molecular weight excluding hydrogens is 458 g/mol. The Morgan fingerprint density at radius 1 is 1.08 bits per heavy atom. The third-order valence-corrected chi connectivity index (χ3v) is 6.03. The molecule has 0 radical (unpaired) electrons. The molecule has 1 aliphatic rings. The van der Waals surface area contributed by atoms with Crippen LogP contribution in [0.4, 0.5) is 10.6 Å². The van der Waals surface area contributed by atoms with E-state index in [4.69, 9.17) is 15.0 Å². The normalized spacial score (nSPS) is 14.7. The number of hydrogen-bond acceptors (Lipinski definition) is 8. The molecule has 1 aromatic carbocycles. The number of pyridine rings is 1. The summed E-state index contributed by atoms with van der Waals surface area (Å²) in [6, 6.07) is 11.7. The van der Waals surface area contributed by atoms with E-state index in [-0.39, 0.29) is 12.1 Å². The Labute approximate surface area is 209 Å². The quantitative estimate of drug-likeness (QED) is 0.434. The van der Waals surface area contributed by atoms with Crippen molar-refractivity contribution in [3.63, 3.8) is 0 Å². The molecule has 4 aromatic rings. The van der Waals surface area contributed by atoms with Crippen molar-refractivity contribution < 1.29 is 14.1 Å². The van der Waals surface area contributed by atoms with Crippen LogP contribution in [0, 0.1) is 0 Å². The molecule has 10 heteroatoms. The van der Waals surface area contributed by atoms with Gasteiger partial charge in [0, 0.05) is 42.2 Å². The van der Waals surface area contributed by atoms with Gasteiger partial charge in [0.1, 0.15) is 11.4 Å². The summed E-state index contributed by atoms with van der Waals surface area (Å²) in [5, 5.41) is 8.67. The van der Waals surface area contributed by atoms with Gasteiger partial charge in [0.05, 0.1) is 17.8 Å². The molecule has 0 unspecified atom stereocenters. The minimum absolute atomic E-state index is 0.197. The molecule has 1 aliphatic heterocycles. The van der Waals surface area contributed by atoms with Crippen molar-refractivity contribution >= 4 is 11.9 Å². The first-order chi connectivity index (χ1) is 17.3. The van der Waals surface area contributed by atoms with Crippen LogP contribution in [0.2, 0.25) is 0 Å². The monoisotopic (exact) mass is 487 g/mol. The molecular formula is C26H29N7O3. The van der Waals surface area contributed by atoms with Crippen molar-refractivity contribution in [1.29, 1.82) is 0 Å². The lowest BCUT2D eigenvalue weighted by Crippen LogP contribution is -2.42. The third kappa shape index (κ3) is 5.07. The van der Waals surface area contributed by atoms with E-state index in [0.717, 1.165) is 29.5 Å². The highest BCUT2D eigenvalue weighted by atomic mass is 16.6. The number of likely N-dealkylation sites (tertiary alicyclic amines) is 1. The Morgan fingerprint density at radius 2 is 1.83 bits per heavy atom. The van der Waals surface area contributed by atoms with Gasteiger partial charge in [-0.25, -0.2) is 9.78 Å². The smallest absolute Gasteiger partial charge is 0.410 e. The standard InChI is InChI=1S/C26H29N7O3/c1-26(2,3)35-25(34)32-11-9-20(10-12-32)33-16-19(15-29-33)18-13-21(22(27)28-14-18)24-30-23(31-36-24)17-7-5-4-6-8-17/h4-8,13-16,20H,9-12H2,1-3H3,(H2,27,28). The summed E-state index contributed by atoms with van der Waals surface area (Å²) in [7, 11) is 0. The Hall–Kier alpha value is -4.21. The van der Waals surface area contributed by atoms with E-state index in [1.807, 2.05) is 68.0 Å². The highest BCUT2D eigenvalue weighted by Gasteiger charge is 2.28. The molecule has 1 fully saturated rings. The number of piperidine rings is 1. The first-order valence-electron chi connectivity index (χ1n) is 11.9. The number of amides is 1. The predicted octanol–water partition coefficient (Wildman–Crippen LogP) is 4.82. The SMILES string of the molecule is CC(C)(C)OC(=O)N1CCC(n2cc(-c3cnc(N)c(-c4nc(-c5ccccc5)no4)c3)cn2)CC1. The van der Waals surface area contributed by atoms with Gasteiger partial charge in [-0.2, -0.15) is 10.1 Å². The van der Waals surface area contributed by atoms with E-state index >= 15 is 0 Å². The van der Waals surface area contributed by atoms with Crippen molar-refractivity contribution in [2.75, 3.05) is 18.8 Å². The van der Waals surface area contributed by atoms with Gasteiger partial charge in [-0.3, -0.25) is 4.68 Å². The van der Waals surface area contributed by atoms with Crippen molar-refractivity contribution in [3.8, 4) is 34.0 Å². The van der Waals surface area contributed by atoms with Crippen molar-refractivity contribution in [2.45, 2.75) is 45.3 Å². The summed E-state index contributed by atoms with van der Waals surface area (Å²) in [6.07, 6.45) is 6.85. The molecule has 1 saturated heterocycles. The maximum absolute atomic E-state index is 12.4. The first-order valence-corrected chi connectivity index (χ1v) is 11.9. The van der Waals surface area contributed by atoms with Crippen LogP contribution in [0.1, 0.15) is 39.7 Å². The molecule has 186 valence electrons. The summed E-state index contributed by atoms with van der Waals surface area (Å²) in [5.41, 5.74) is 8.82. The molecule has 0 aliphatic carbocycles. The Bertz CT molecular complexity index is 1350. The summed E-state index contributed by atoms with van der Waals surface area (Å²) in [4.78, 5) is 23.0. The number of hydrogen-bond donors (Lipinski definition) is 1. The van der Waals surface area contributed by atoms with Crippen LogP contribution < -0.4 is 5.73 Å². The number of nitrogens with two attached hydrogens (primary N) is 1. The van der Waals surface area contributed by atoms with Gasteiger partial charge in [-0.15, -0.1) is 0 Å². The number of carbonyl (C=O) groups is 1. The van der Waals surface area contributed by atoms with Crippen LogP contribution in [0.15, 0.2) is 59.5 Å². The van der Waals surface area contributed by atoms with Crippen molar-refractivity contribution in [1.82, 2.24) is 29.8 Å². The second kappa shape index (κ2) is 9.44. The van der Waals surface area contributed by atoms with Gasteiger partial charge in [-0.05, 0) is 39.7 Å². The topological polar surface area (TPSA) is 125 Å². The molecule has 36 heavy (non-hydrogen) atoms.